The van der Waals surface area contributed by atoms with Crippen molar-refractivity contribution in [2.75, 3.05) is 26.1 Å². The number of rotatable bonds is 6. The maximum atomic E-state index is 13.4. The van der Waals surface area contributed by atoms with Crippen LogP contribution in [0.4, 0.5) is 10.1 Å². The van der Waals surface area contributed by atoms with Gasteiger partial charge in [-0.3, -0.25) is 4.79 Å². The highest BCUT2D eigenvalue weighted by Gasteiger charge is 2.13. The van der Waals surface area contributed by atoms with E-state index in [1.807, 2.05) is 0 Å². The zero-order valence-corrected chi connectivity index (χ0v) is 11.6. The molecule has 3 N–H and O–H groups in total. The number of anilines is 1. The van der Waals surface area contributed by atoms with E-state index in [9.17, 15) is 9.18 Å². The largest absolute Gasteiger partial charge is 0.497 e. The van der Waals surface area contributed by atoms with Crippen molar-refractivity contribution in [3.05, 3.63) is 24.0 Å². The molecule has 0 saturated heterocycles. The van der Waals surface area contributed by atoms with E-state index < -0.39 is 5.82 Å². The van der Waals surface area contributed by atoms with Gasteiger partial charge in [-0.05, 0) is 12.1 Å². The molecule has 1 rings (SSSR count). The molecule has 1 unspecified atom stereocenters. The monoisotopic (exact) mass is 292 g/mol. The van der Waals surface area contributed by atoms with Crippen LogP contribution in [0.3, 0.4) is 0 Å². The fourth-order valence-electron chi connectivity index (χ4n) is 1.40. The number of nitrogens with two attached hydrogens (primary N) is 1. The van der Waals surface area contributed by atoms with Gasteiger partial charge in [-0.2, -0.15) is 0 Å². The van der Waals surface area contributed by atoms with Crippen LogP contribution in [-0.2, 0) is 9.53 Å². The fourth-order valence-corrected chi connectivity index (χ4v) is 1.40. The third-order valence-electron chi connectivity index (χ3n) is 2.46. The average molecular weight is 293 g/mol. The van der Waals surface area contributed by atoms with Gasteiger partial charge in [-0.1, -0.05) is 0 Å². The first-order valence-corrected chi connectivity index (χ1v) is 5.47. The highest BCUT2D eigenvalue weighted by molar-refractivity contribution is 5.91. The molecule has 0 radical (unpaired) electrons. The van der Waals surface area contributed by atoms with Crippen molar-refractivity contribution >= 4 is 24.0 Å². The summed E-state index contributed by atoms with van der Waals surface area (Å²) in [7, 11) is 2.94. The first-order valence-electron chi connectivity index (χ1n) is 5.47. The summed E-state index contributed by atoms with van der Waals surface area (Å²) < 4.78 is 23.4. The lowest BCUT2D eigenvalue weighted by Crippen LogP contribution is -2.28. The Hall–Kier alpha value is -1.37. The van der Waals surface area contributed by atoms with Gasteiger partial charge in [-0.15, -0.1) is 12.4 Å². The Bertz CT molecular complexity index is 414. The predicted octanol–water partition coefficient (Wildman–Crippen LogP) is 1.56. The summed E-state index contributed by atoms with van der Waals surface area (Å²) in [5.74, 6) is -0.417. The maximum Gasteiger partial charge on any atom is 0.227 e. The van der Waals surface area contributed by atoms with E-state index in [2.05, 4.69) is 5.32 Å². The van der Waals surface area contributed by atoms with Crippen LogP contribution in [0.5, 0.6) is 5.75 Å². The molecule has 0 aliphatic rings. The second-order valence-corrected chi connectivity index (χ2v) is 3.69. The van der Waals surface area contributed by atoms with E-state index in [0.29, 0.717) is 5.75 Å². The topological polar surface area (TPSA) is 73.6 Å². The third kappa shape index (κ3) is 5.42. The molecule has 1 aromatic rings. The van der Waals surface area contributed by atoms with E-state index in [0.717, 1.165) is 0 Å². The zero-order valence-electron chi connectivity index (χ0n) is 10.8. The summed E-state index contributed by atoms with van der Waals surface area (Å²) in [5.41, 5.74) is 5.48. The van der Waals surface area contributed by atoms with E-state index >= 15 is 0 Å². The number of hydrogen-bond acceptors (Lipinski definition) is 4. The number of benzene rings is 1. The van der Waals surface area contributed by atoms with Crippen molar-refractivity contribution in [3.8, 4) is 5.75 Å². The lowest BCUT2D eigenvalue weighted by atomic mass is 10.2. The van der Waals surface area contributed by atoms with Gasteiger partial charge in [0.25, 0.3) is 0 Å². The molecule has 0 saturated carbocycles. The average Bonchev–Trinajstić information content (AvgIpc) is 2.38. The summed E-state index contributed by atoms with van der Waals surface area (Å²) in [4.78, 5) is 11.6. The number of amides is 1. The molecule has 0 spiro atoms. The number of hydrogen-bond donors (Lipinski definition) is 2. The fraction of sp³-hybridized carbons (Fsp3) is 0.417. The highest BCUT2D eigenvalue weighted by Crippen LogP contribution is 2.21. The third-order valence-corrected chi connectivity index (χ3v) is 2.46. The van der Waals surface area contributed by atoms with Gasteiger partial charge in [0.15, 0.2) is 0 Å². The van der Waals surface area contributed by atoms with Crippen LogP contribution in [0.1, 0.15) is 6.42 Å². The Morgan fingerprint density at radius 3 is 2.68 bits per heavy atom. The summed E-state index contributed by atoms with van der Waals surface area (Å²) in [6, 6.07) is 4.12. The molecular formula is C12H18ClFN2O3. The highest BCUT2D eigenvalue weighted by atomic mass is 35.5. The van der Waals surface area contributed by atoms with Crippen LogP contribution < -0.4 is 15.8 Å². The smallest absolute Gasteiger partial charge is 0.227 e. The van der Waals surface area contributed by atoms with Gasteiger partial charge in [-0.25, -0.2) is 4.39 Å². The second kappa shape index (κ2) is 8.68. The minimum absolute atomic E-state index is 0. The predicted molar refractivity (Wildman–Crippen MR) is 73.3 cm³/mol. The van der Waals surface area contributed by atoms with Gasteiger partial charge in [0.2, 0.25) is 5.91 Å². The van der Waals surface area contributed by atoms with Crippen molar-refractivity contribution in [2.24, 2.45) is 5.73 Å². The molecule has 0 aromatic heterocycles. The molecule has 0 heterocycles. The van der Waals surface area contributed by atoms with Gasteiger partial charge in [0.05, 0.1) is 25.3 Å². The molecule has 0 aliphatic carbocycles. The van der Waals surface area contributed by atoms with Crippen molar-refractivity contribution in [3.63, 3.8) is 0 Å². The number of methoxy groups -OCH3 is 2. The lowest BCUT2D eigenvalue weighted by molar-refractivity contribution is -0.118. The quantitative estimate of drug-likeness (QED) is 0.834. The molecule has 0 aliphatic heterocycles. The van der Waals surface area contributed by atoms with Crippen molar-refractivity contribution < 1.29 is 18.7 Å². The molecule has 108 valence electrons. The molecule has 1 atom stereocenters. The summed E-state index contributed by atoms with van der Waals surface area (Å²) in [6.45, 7) is 0.227. The Morgan fingerprint density at radius 1 is 1.47 bits per heavy atom. The first-order chi connectivity index (χ1) is 8.60. The van der Waals surface area contributed by atoms with Crippen LogP contribution >= 0.6 is 12.4 Å². The van der Waals surface area contributed by atoms with E-state index in [1.54, 1.807) is 0 Å². The van der Waals surface area contributed by atoms with Gasteiger partial charge in [0, 0.05) is 19.7 Å². The number of carbonyl (C=O) groups excluding carboxylic acids is 1. The van der Waals surface area contributed by atoms with Gasteiger partial charge >= 0.3 is 0 Å². The Kier molecular flexibility index (Phi) is 8.06. The SMILES string of the molecule is COc1ccc(F)c(NC(=O)CC(CN)OC)c1.Cl. The van der Waals surface area contributed by atoms with E-state index in [4.69, 9.17) is 15.2 Å². The Morgan fingerprint density at radius 2 is 2.16 bits per heavy atom. The van der Waals surface area contributed by atoms with Crippen molar-refractivity contribution in [1.82, 2.24) is 0 Å². The van der Waals surface area contributed by atoms with Crippen LogP contribution in [-0.4, -0.2) is 32.8 Å². The zero-order chi connectivity index (χ0) is 13.5. The normalized spacial score (nSPS) is 11.4. The second-order valence-electron chi connectivity index (χ2n) is 3.69. The molecule has 1 amide bonds. The van der Waals surface area contributed by atoms with Crippen LogP contribution in [0.2, 0.25) is 0 Å². The maximum absolute atomic E-state index is 13.4. The van der Waals surface area contributed by atoms with Gasteiger partial charge in [0.1, 0.15) is 11.6 Å². The molecule has 7 heteroatoms. The van der Waals surface area contributed by atoms with E-state index in [1.165, 1.54) is 32.4 Å². The number of ether oxygens (including phenoxy) is 2. The Labute approximate surface area is 117 Å². The lowest BCUT2D eigenvalue weighted by Gasteiger charge is -2.13. The molecule has 0 bridgehead atoms. The summed E-state index contributed by atoms with van der Waals surface area (Å²) in [6.07, 6.45) is -0.303. The van der Waals surface area contributed by atoms with Crippen molar-refractivity contribution in [1.29, 1.82) is 0 Å². The van der Waals surface area contributed by atoms with Gasteiger partial charge < -0.3 is 20.5 Å². The summed E-state index contributed by atoms with van der Waals surface area (Å²) >= 11 is 0. The minimum atomic E-state index is -0.522. The number of halogens is 2. The van der Waals surface area contributed by atoms with Crippen molar-refractivity contribution in [2.45, 2.75) is 12.5 Å². The molecule has 0 fully saturated rings. The standard InChI is InChI=1S/C12H17FN2O3.ClH/c1-17-8-3-4-10(13)11(5-8)15-12(16)6-9(7-14)18-2;/h3-5,9H,6-7,14H2,1-2H3,(H,15,16);1H. The first kappa shape index (κ1) is 17.6. The number of carbonyl (C=O) groups is 1. The van der Waals surface area contributed by atoms with Crippen LogP contribution in [0, 0.1) is 5.82 Å². The molecule has 1 aromatic carbocycles. The Balaban J connectivity index is 0.00000324. The van der Waals surface area contributed by atoms with Crippen LogP contribution in [0.15, 0.2) is 18.2 Å². The van der Waals surface area contributed by atoms with Crippen LogP contribution in [0.25, 0.3) is 0 Å². The molecule has 19 heavy (non-hydrogen) atoms. The molecule has 5 nitrogen and oxygen atoms in total. The molecular weight excluding hydrogens is 275 g/mol. The van der Waals surface area contributed by atoms with E-state index in [-0.39, 0.29) is 43.1 Å². The minimum Gasteiger partial charge on any atom is -0.497 e. The summed E-state index contributed by atoms with van der Waals surface area (Å²) in [5, 5.41) is 2.45. The number of nitrogens with one attached hydrogen (secondary N) is 1.